The minimum absolute atomic E-state index is 0.00278. The van der Waals surface area contributed by atoms with Crippen molar-refractivity contribution in [1.29, 1.82) is 0 Å². The molecule has 2 rings (SSSR count). The van der Waals surface area contributed by atoms with Crippen LogP contribution in [0.15, 0.2) is 21.3 Å². The van der Waals surface area contributed by atoms with E-state index in [-0.39, 0.29) is 11.2 Å². The molecule has 0 amide bonds. The zero-order chi connectivity index (χ0) is 10.3. The van der Waals surface area contributed by atoms with Gasteiger partial charge in [-0.25, -0.2) is 9.78 Å². The van der Waals surface area contributed by atoms with Gasteiger partial charge in [-0.05, 0) is 12.1 Å². The van der Waals surface area contributed by atoms with Crippen molar-refractivity contribution in [3.05, 3.63) is 28.4 Å². The van der Waals surface area contributed by atoms with E-state index in [0.29, 0.717) is 0 Å². The monoisotopic (exact) mass is 204 g/mol. The Hall–Kier alpha value is -1.79. The van der Waals surface area contributed by atoms with Gasteiger partial charge in [0.05, 0.1) is 0 Å². The number of aromatic amines is 1. The number of halogens is 3. The first-order valence-corrected chi connectivity index (χ1v) is 3.54. The maximum Gasteiger partial charge on any atom is 0.433 e. The topological polar surface area (TPSA) is 58.9 Å². The third-order valence-corrected chi connectivity index (χ3v) is 1.57. The molecule has 74 valence electrons. The number of nitrogens with one attached hydrogen (secondary N) is 1. The maximum atomic E-state index is 12.1. The van der Waals surface area contributed by atoms with Crippen molar-refractivity contribution in [3.63, 3.8) is 0 Å². The minimum Gasteiger partial charge on any atom is -0.406 e. The van der Waals surface area contributed by atoms with E-state index in [0.717, 1.165) is 12.1 Å². The van der Waals surface area contributed by atoms with Gasteiger partial charge in [-0.3, -0.25) is 4.98 Å². The number of aromatic nitrogens is 2. The van der Waals surface area contributed by atoms with E-state index in [1.165, 1.54) is 0 Å². The van der Waals surface area contributed by atoms with Gasteiger partial charge in [0.25, 0.3) is 0 Å². The van der Waals surface area contributed by atoms with Crippen LogP contribution in [0.1, 0.15) is 5.69 Å². The Labute approximate surface area is 74.4 Å². The molecule has 14 heavy (non-hydrogen) atoms. The second kappa shape index (κ2) is 2.60. The summed E-state index contributed by atoms with van der Waals surface area (Å²) in [4.78, 5) is 15.8. The third kappa shape index (κ3) is 1.36. The second-order valence-electron chi connectivity index (χ2n) is 2.56. The molecule has 0 fully saturated rings. The maximum absolute atomic E-state index is 12.1. The first kappa shape index (κ1) is 8.79. The zero-order valence-electron chi connectivity index (χ0n) is 6.55. The molecule has 0 spiro atoms. The molecule has 0 atom stereocenters. The number of rotatable bonds is 0. The largest absolute Gasteiger partial charge is 0.433 e. The molecule has 0 aliphatic carbocycles. The molecule has 0 radical (unpaired) electrons. The minimum atomic E-state index is -4.53. The highest BCUT2D eigenvalue weighted by Crippen LogP contribution is 2.28. The fourth-order valence-electron chi connectivity index (χ4n) is 0.998. The van der Waals surface area contributed by atoms with Crippen LogP contribution in [0.3, 0.4) is 0 Å². The van der Waals surface area contributed by atoms with Gasteiger partial charge in [0, 0.05) is 0 Å². The molecule has 0 saturated carbocycles. The average Bonchev–Trinajstić information content (AvgIpc) is 2.41. The summed E-state index contributed by atoms with van der Waals surface area (Å²) in [7, 11) is 0. The number of alkyl halides is 3. The molecule has 0 bridgehead atoms. The fourth-order valence-corrected chi connectivity index (χ4v) is 0.998. The van der Waals surface area contributed by atoms with Crippen LogP contribution in [0, 0.1) is 0 Å². The summed E-state index contributed by atoms with van der Waals surface area (Å²) in [5, 5.41) is 0. The van der Waals surface area contributed by atoms with Crippen LogP contribution in [-0.4, -0.2) is 9.97 Å². The summed E-state index contributed by atoms with van der Waals surface area (Å²) in [6, 6.07) is 1.79. The van der Waals surface area contributed by atoms with Gasteiger partial charge in [0.1, 0.15) is 5.69 Å². The van der Waals surface area contributed by atoms with Gasteiger partial charge in [0.15, 0.2) is 11.2 Å². The van der Waals surface area contributed by atoms with Crippen molar-refractivity contribution in [3.8, 4) is 0 Å². The predicted molar refractivity (Wildman–Crippen MR) is 39.6 cm³/mol. The van der Waals surface area contributed by atoms with Crippen molar-refractivity contribution in [2.75, 3.05) is 0 Å². The number of hydrogen-bond donors (Lipinski definition) is 1. The number of nitrogens with zero attached hydrogens (tertiary/aromatic N) is 1. The summed E-state index contributed by atoms with van der Waals surface area (Å²) in [5.74, 6) is -0.827. The van der Waals surface area contributed by atoms with Gasteiger partial charge in [0.2, 0.25) is 0 Å². The van der Waals surface area contributed by atoms with Crippen LogP contribution in [0.5, 0.6) is 0 Å². The molecule has 0 aliphatic rings. The van der Waals surface area contributed by atoms with E-state index in [4.69, 9.17) is 0 Å². The highest BCUT2D eigenvalue weighted by atomic mass is 19.4. The van der Waals surface area contributed by atoms with Crippen LogP contribution in [0.25, 0.3) is 11.2 Å². The highest BCUT2D eigenvalue weighted by Gasteiger charge is 2.32. The van der Waals surface area contributed by atoms with Crippen LogP contribution in [0.2, 0.25) is 0 Å². The van der Waals surface area contributed by atoms with E-state index in [9.17, 15) is 18.0 Å². The van der Waals surface area contributed by atoms with E-state index < -0.39 is 17.6 Å². The van der Waals surface area contributed by atoms with Crippen molar-refractivity contribution in [2.45, 2.75) is 6.18 Å². The lowest BCUT2D eigenvalue weighted by Crippen LogP contribution is -2.07. The van der Waals surface area contributed by atoms with Crippen molar-refractivity contribution >= 4 is 11.2 Å². The van der Waals surface area contributed by atoms with E-state index in [1.807, 2.05) is 4.98 Å². The van der Waals surface area contributed by atoms with Crippen molar-refractivity contribution < 1.29 is 17.6 Å². The molecular formula is C7H3F3N2O2. The van der Waals surface area contributed by atoms with Crippen LogP contribution in [0.4, 0.5) is 13.2 Å². The molecule has 4 nitrogen and oxygen atoms in total. The molecule has 1 N–H and O–H groups in total. The summed E-state index contributed by atoms with van der Waals surface area (Å²) >= 11 is 0. The molecule has 7 heteroatoms. The predicted octanol–water partition coefficient (Wildman–Crippen LogP) is 1.53. The van der Waals surface area contributed by atoms with Gasteiger partial charge >= 0.3 is 11.9 Å². The number of hydrogen-bond acceptors (Lipinski definition) is 3. The standard InChI is InChI=1S/C7H3F3N2O2/c8-7(9,10)4-2-1-3-5(11-4)12-6(13)14-3/h1-2H,(H,11,12,13). The molecular weight excluding hydrogens is 201 g/mol. The van der Waals surface area contributed by atoms with Crippen LogP contribution in [-0.2, 0) is 6.18 Å². The Morgan fingerprint density at radius 1 is 1.36 bits per heavy atom. The van der Waals surface area contributed by atoms with E-state index in [2.05, 4.69) is 9.40 Å². The zero-order valence-corrected chi connectivity index (χ0v) is 6.55. The van der Waals surface area contributed by atoms with Gasteiger partial charge in [-0.2, -0.15) is 13.2 Å². The Kier molecular flexibility index (Phi) is 1.63. The molecule has 0 unspecified atom stereocenters. The average molecular weight is 204 g/mol. The summed E-state index contributed by atoms with van der Waals surface area (Å²) in [6.45, 7) is 0. The second-order valence-corrected chi connectivity index (χ2v) is 2.56. The normalized spacial score (nSPS) is 12.2. The molecule has 0 aromatic carbocycles. The van der Waals surface area contributed by atoms with Crippen LogP contribution >= 0.6 is 0 Å². The van der Waals surface area contributed by atoms with Gasteiger partial charge < -0.3 is 4.42 Å². The highest BCUT2D eigenvalue weighted by molar-refractivity contribution is 5.66. The third-order valence-electron chi connectivity index (χ3n) is 1.57. The van der Waals surface area contributed by atoms with E-state index in [1.54, 1.807) is 0 Å². The Morgan fingerprint density at radius 2 is 2.07 bits per heavy atom. The number of pyridine rings is 1. The molecule has 0 saturated heterocycles. The number of fused-ring (bicyclic) bond motifs is 1. The first-order chi connectivity index (χ1) is 6.47. The van der Waals surface area contributed by atoms with Crippen LogP contribution < -0.4 is 5.76 Å². The lowest BCUT2D eigenvalue weighted by atomic mass is 10.3. The lowest BCUT2D eigenvalue weighted by molar-refractivity contribution is -0.141. The summed E-state index contributed by atoms with van der Waals surface area (Å²) < 4.78 is 40.9. The summed E-state index contributed by atoms with van der Waals surface area (Å²) in [6.07, 6.45) is -4.53. The molecule has 2 aromatic rings. The molecule has 2 heterocycles. The molecule has 0 aliphatic heterocycles. The van der Waals surface area contributed by atoms with Crippen molar-refractivity contribution in [2.24, 2.45) is 0 Å². The Morgan fingerprint density at radius 3 is 2.71 bits per heavy atom. The Balaban J connectivity index is 2.67. The number of H-pyrrole nitrogens is 1. The lowest BCUT2D eigenvalue weighted by Gasteiger charge is -2.03. The summed E-state index contributed by atoms with van der Waals surface area (Å²) in [5.41, 5.74) is -1.27. The quantitative estimate of drug-likeness (QED) is 0.707. The fraction of sp³-hybridized carbons (Fsp3) is 0.143. The smallest absolute Gasteiger partial charge is 0.406 e. The van der Waals surface area contributed by atoms with Gasteiger partial charge in [-0.1, -0.05) is 0 Å². The van der Waals surface area contributed by atoms with Gasteiger partial charge in [-0.15, -0.1) is 0 Å². The SMILES string of the molecule is O=c1[nH]c2nc(C(F)(F)F)ccc2o1. The Bertz CT molecular complexity index is 525. The number of oxazole rings is 1. The molecule has 2 aromatic heterocycles. The van der Waals surface area contributed by atoms with E-state index >= 15 is 0 Å². The van der Waals surface area contributed by atoms with Crippen molar-refractivity contribution in [1.82, 2.24) is 9.97 Å². The first-order valence-electron chi connectivity index (χ1n) is 3.54.